The average Bonchev–Trinajstić information content (AvgIpc) is 2.79. The minimum absolute atomic E-state index is 0.149. The summed E-state index contributed by atoms with van der Waals surface area (Å²) < 4.78 is 4.67. The molecule has 1 amide bonds. The lowest BCUT2D eigenvalue weighted by atomic mass is 10.0. The number of amides is 1. The number of rotatable bonds is 7. The highest BCUT2D eigenvalue weighted by atomic mass is 16.6. The van der Waals surface area contributed by atoms with Crippen molar-refractivity contribution in [1.82, 2.24) is 5.32 Å². The number of nitrogens with one attached hydrogen (secondary N) is 1. The van der Waals surface area contributed by atoms with Gasteiger partial charge in [-0.05, 0) is 43.0 Å². The Bertz CT molecular complexity index is 952. The number of esters is 1. The summed E-state index contributed by atoms with van der Waals surface area (Å²) in [6.07, 6.45) is 1.34. The van der Waals surface area contributed by atoms with Gasteiger partial charge in [-0.15, -0.1) is 0 Å². The van der Waals surface area contributed by atoms with Crippen molar-refractivity contribution < 1.29 is 24.4 Å². The van der Waals surface area contributed by atoms with Crippen LogP contribution in [-0.2, 0) is 11.2 Å². The number of hydrogen-bond acceptors (Lipinski definition) is 7. The molecule has 2 aromatic rings. The summed E-state index contributed by atoms with van der Waals surface area (Å²) in [6, 6.07) is 11.2. The molecule has 2 aromatic carbocycles. The van der Waals surface area contributed by atoms with Gasteiger partial charge in [-0.25, -0.2) is 4.79 Å². The summed E-state index contributed by atoms with van der Waals surface area (Å²) in [4.78, 5) is 37.0. The largest absolute Gasteiger partial charge is 0.465 e. The number of nitrogens with zero attached hydrogens (tertiary/aromatic N) is 2. The molecule has 3 rings (SSSR count). The number of carbonyl (C=O) groups excluding carboxylic acids is 2. The molecule has 0 radical (unpaired) electrons. The third-order valence-electron chi connectivity index (χ3n) is 5.32. The van der Waals surface area contributed by atoms with E-state index in [1.54, 1.807) is 30.3 Å². The number of anilines is 1. The van der Waals surface area contributed by atoms with Gasteiger partial charge in [-0.2, -0.15) is 0 Å². The molecule has 0 unspecified atom stereocenters. The van der Waals surface area contributed by atoms with Gasteiger partial charge in [-0.3, -0.25) is 14.9 Å². The molecule has 2 N–H and O–H groups in total. The Morgan fingerprint density at radius 3 is 2.48 bits per heavy atom. The van der Waals surface area contributed by atoms with Crippen molar-refractivity contribution in [2.45, 2.75) is 25.4 Å². The van der Waals surface area contributed by atoms with Crippen LogP contribution in [0.25, 0.3) is 0 Å². The Morgan fingerprint density at radius 2 is 1.87 bits per heavy atom. The van der Waals surface area contributed by atoms with E-state index in [-0.39, 0.29) is 17.4 Å². The van der Waals surface area contributed by atoms with Crippen LogP contribution in [0.2, 0.25) is 0 Å². The van der Waals surface area contributed by atoms with E-state index in [4.69, 9.17) is 0 Å². The van der Waals surface area contributed by atoms with Gasteiger partial charge < -0.3 is 20.1 Å². The van der Waals surface area contributed by atoms with Crippen LogP contribution in [0.4, 0.5) is 11.4 Å². The van der Waals surface area contributed by atoms with E-state index < -0.39 is 16.8 Å². The summed E-state index contributed by atoms with van der Waals surface area (Å²) in [7, 11) is 1.32. The van der Waals surface area contributed by atoms with Crippen LogP contribution in [0, 0.1) is 10.1 Å². The smallest absolute Gasteiger partial charge is 0.337 e. The van der Waals surface area contributed by atoms with Gasteiger partial charge in [0.1, 0.15) is 0 Å². The Morgan fingerprint density at radius 1 is 1.19 bits per heavy atom. The van der Waals surface area contributed by atoms with E-state index in [9.17, 15) is 24.8 Å². The fourth-order valence-corrected chi connectivity index (χ4v) is 3.54. The van der Waals surface area contributed by atoms with E-state index in [2.05, 4.69) is 10.1 Å². The van der Waals surface area contributed by atoms with Crippen molar-refractivity contribution in [3.05, 3.63) is 69.3 Å². The highest BCUT2D eigenvalue weighted by molar-refractivity contribution is 6.00. The number of benzene rings is 2. The van der Waals surface area contributed by atoms with Gasteiger partial charge >= 0.3 is 5.97 Å². The van der Waals surface area contributed by atoms with Crippen LogP contribution >= 0.6 is 0 Å². The number of hydrogen-bond donors (Lipinski definition) is 2. The van der Waals surface area contributed by atoms with Crippen molar-refractivity contribution >= 4 is 23.3 Å². The first kappa shape index (κ1) is 22.2. The van der Waals surface area contributed by atoms with E-state index in [0.717, 1.165) is 5.56 Å². The van der Waals surface area contributed by atoms with Crippen molar-refractivity contribution in [3.63, 3.8) is 0 Å². The van der Waals surface area contributed by atoms with Crippen molar-refractivity contribution in [2.75, 3.05) is 31.6 Å². The Balaban J connectivity index is 1.68. The van der Waals surface area contributed by atoms with E-state index in [1.165, 1.54) is 19.2 Å². The normalized spacial score (nSPS) is 14.2. The molecular weight excluding hydrogens is 402 g/mol. The number of ether oxygens (including phenoxy) is 1. The molecule has 0 aromatic heterocycles. The summed E-state index contributed by atoms with van der Waals surface area (Å²) in [5.74, 6) is -0.806. The maximum atomic E-state index is 12.8. The zero-order valence-corrected chi connectivity index (χ0v) is 17.2. The molecule has 1 saturated heterocycles. The number of carbonyl (C=O) groups is 2. The molecule has 31 heavy (non-hydrogen) atoms. The lowest BCUT2D eigenvalue weighted by molar-refractivity contribution is -0.384. The Labute approximate surface area is 179 Å². The second kappa shape index (κ2) is 10.0. The van der Waals surface area contributed by atoms with E-state index in [0.29, 0.717) is 50.1 Å². The van der Waals surface area contributed by atoms with Gasteiger partial charge in [0.15, 0.2) is 0 Å². The predicted octanol–water partition coefficient (Wildman–Crippen LogP) is 2.32. The molecule has 0 saturated carbocycles. The summed E-state index contributed by atoms with van der Waals surface area (Å²) in [5, 5.41) is 23.8. The van der Waals surface area contributed by atoms with Crippen molar-refractivity contribution in [3.8, 4) is 0 Å². The Hall–Kier alpha value is -3.46. The first-order valence-corrected chi connectivity index (χ1v) is 10.1. The number of nitro groups is 1. The maximum absolute atomic E-state index is 12.8. The topological polar surface area (TPSA) is 122 Å². The second-order valence-corrected chi connectivity index (χ2v) is 7.37. The zero-order chi connectivity index (χ0) is 22.4. The van der Waals surface area contributed by atoms with Crippen LogP contribution in [0.3, 0.4) is 0 Å². The molecule has 9 nitrogen and oxygen atoms in total. The molecule has 0 bridgehead atoms. The van der Waals surface area contributed by atoms with Crippen molar-refractivity contribution in [1.29, 1.82) is 0 Å². The summed E-state index contributed by atoms with van der Waals surface area (Å²) in [5.41, 5.74) is 2.09. The highest BCUT2D eigenvalue weighted by Gasteiger charge is 2.24. The van der Waals surface area contributed by atoms with Gasteiger partial charge in [0.25, 0.3) is 11.6 Å². The van der Waals surface area contributed by atoms with Crippen LogP contribution in [0.1, 0.15) is 39.1 Å². The van der Waals surface area contributed by atoms with Gasteiger partial charge in [0, 0.05) is 31.8 Å². The predicted molar refractivity (Wildman–Crippen MR) is 114 cm³/mol. The van der Waals surface area contributed by atoms with E-state index in [1.807, 2.05) is 4.90 Å². The second-order valence-electron chi connectivity index (χ2n) is 7.37. The minimum Gasteiger partial charge on any atom is -0.465 e. The van der Waals surface area contributed by atoms with Crippen LogP contribution < -0.4 is 10.2 Å². The molecule has 9 heteroatoms. The standard InChI is InChI=1S/C22H25N3O6/c1-31-22(28)16-4-2-15(3-5-16)8-11-23-21(27)19-14-17(25(29)30)6-7-20(19)24-12-9-18(26)10-13-24/h2-7,14,18,26H,8-13H2,1H3,(H,23,27). The zero-order valence-electron chi connectivity index (χ0n) is 17.2. The number of methoxy groups -OCH3 is 1. The van der Waals surface area contributed by atoms with Gasteiger partial charge in [0.05, 0.1) is 35.0 Å². The highest BCUT2D eigenvalue weighted by Crippen LogP contribution is 2.28. The molecule has 1 heterocycles. The van der Waals surface area contributed by atoms with Gasteiger partial charge in [0.2, 0.25) is 0 Å². The molecule has 1 aliphatic heterocycles. The summed E-state index contributed by atoms with van der Waals surface area (Å²) >= 11 is 0. The molecule has 1 aliphatic rings. The maximum Gasteiger partial charge on any atom is 0.337 e. The Kier molecular flexibility index (Phi) is 7.19. The third-order valence-corrected chi connectivity index (χ3v) is 5.32. The quantitative estimate of drug-likeness (QED) is 0.395. The molecule has 0 aliphatic carbocycles. The molecule has 0 spiro atoms. The number of nitro benzene ring substituents is 1. The molecule has 1 fully saturated rings. The van der Waals surface area contributed by atoms with Crippen LogP contribution in [-0.4, -0.2) is 54.8 Å². The van der Waals surface area contributed by atoms with Crippen molar-refractivity contribution in [2.24, 2.45) is 0 Å². The minimum atomic E-state index is -0.524. The summed E-state index contributed by atoms with van der Waals surface area (Å²) in [6.45, 7) is 1.48. The number of piperidine rings is 1. The average molecular weight is 427 g/mol. The first-order chi connectivity index (χ1) is 14.9. The SMILES string of the molecule is COC(=O)c1ccc(CCNC(=O)c2cc([N+](=O)[O-])ccc2N2CCC(O)CC2)cc1. The monoisotopic (exact) mass is 427 g/mol. The van der Waals surface area contributed by atoms with E-state index >= 15 is 0 Å². The molecular formula is C22H25N3O6. The number of aliphatic hydroxyl groups is 1. The van der Waals surface area contributed by atoms with Crippen LogP contribution in [0.5, 0.6) is 0 Å². The molecule has 164 valence electrons. The molecule has 0 atom stereocenters. The van der Waals surface area contributed by atoms with Gasteiger partial charge in [-0.1, -0.05) is 12.1 Å². The lowest BCUT2D eigenvalue weighted by Crippen LogP contribution is -2.37. The number of non-ortho nitro benzene ring substituents is 1. The fraction of sp³-hybridized carbons (Fsp3) is 0.364. The van der Waals surface area contributed by atoms with Crippen LogP contribution in [0.15, 0.2) is 42.5 Å². The lowest BCUT2D eigenvalue weighted by Gasteiger charge is -2.32. The first-order valence-electron chi connectivity index (χ1n) is 10.1. The fourth-order valence-electron chi connectivity index (χ4n) is 3.54. The third kappa shape index (κ3) is 5.58. The number of aliphatic hydroxyl groups excluding tert-OH is 1.